The van der Waals surface area contributed by atoms with Crippen LogP contribution in [-0.2, 0) is 4.79 Å². The molecule has 21 heavy (non-hydrogen) atoms. The number of hydrogen-bond donors (Lipinski definition) is 1. The molecule has 2 heterocycles. The van der Waals surface area contributed by atoms with Crippen LogP contribution in [0.1, 0.15) is 29.4 Å². The molecule has 5 nitrogen and oxygen atoms in total. The molecule has 0 spiro atoms. The molecule has 0 unspecified atom stereocenters. The van der Waals surface area contributed by atoms with E-state index in [1.54, 1.807) is 0 Å². The Morgan fingerprint density at radius 3 is 2.67 bits per heavy atom. The Kier molecular flexibility index (Phi) is 6.20. The van der Waals surface area contributed by atoms with Gasteiger partial charge >= 0.3 is 0 Å². The van der Waals surface area contributed by atoms with Gasteiger partial charge in [-0.05, 0) is 17.9 Å². The molecule has 0 aliphatic carbocycles. The summed E-state index contributed by atoms with van der Waals surface area (Å²) in [5.41, 5.74) is 0. The molecule has 116 valence electrons. The van der Waals surface area contributed by atoms with Crippen molar-refractivity contribution in [3.63, 3.8) is 0 Å². The van der Waals surface area contributed by atoms with Gasteiger partial charge in [0, 0.05) is 45.7 Å². The van der Waals surface area contributed by atoms with E-state index in [9.17, 15) is 9.59 Å². The third-order valence-electron chi connectivity index (χ3n) is 3.65. The summed E-state index contributed by atoms with van der Waals surface area (Å²) in [5, 5.41) is 4.84. The number of amides is 2. The highest BCUT2D eigenvalue weighted by Gasteiger charge is 2.20. The molecular weight excluding hydrogens is 286 g/mol. The minimum absolute atomic E-state index is 0.00163. The predicted octanol–water partition coefficient (Wildman–Crippen LogP) is 1.42. The number of rotatable bonds is 6. The summed E-state index contributed by atoms with van der Waals surface area (Å²) in [5.74, 6) is 0.268. The molecule has 1 saturated heterocycles. The molecule has 6 heteroatoms. The first-order valence-electron chi connectivity index (χ1n) is 7.52. The molecular formula is C15H23N3O2S. The van der Waals surface area contributed by atoms with Gasteiger partial charge in [-0.1, -0.05) is 13.0 Å². The van der Waals surface area contributed by atoms with Gasteiger partial charge in [-0.25, -0.2) is 0 Å². The van der Waals surface area contributed by atoms with Gasteiger partial charge < -0.3 is 10.2 Å². The van der Waals surface area contributed by atoms with Crippen LogP contribution in [0.3, 0.4) is 0 Å². The van der Waals surface area contributed by atoms with Gasteiger partial charge in [-0.15, -0.1) is 11.3 Å². The average molecular weight is 309 g/mol. The topological polar surface area (TPSA) is 52.7 Å². The van der Waals surface area contributed by atoms with Crippen LogP contribution in [-0.4, -0.2) is 60.9 Å². The number of piperazine rings is 1. The number of nitrogens with one attached hydrogen (secondary N) is 1. The van der Waals surface area contributed by atoms with Crippen LogP contribution in [0.2, 0.25) is 0 Å². The third-order valence-corrected chi connectivity index (χ3v) is 4.52. The van der Waals surface area contributed by atoms with E-state index >= 15 is 0 Å². The minimum atomic E-state index is 0.00163. The first kappa shape index (κ1) is 16.0. The van der Waals surface area contributed by atoms with E-state index in [0.29, 0.717) is 13.0 Å². The van der Waals surface area contributed by atoms with Crippen molar-refractivity contribution in [3.8, 4) is 0 Å². The van der Waals surface area contributed by atoms with Crippen molar-refractivity contribution in [1.82, 2.24) is 15.1 Å². The number of hydrogen-bond acceptors (Lipinski definition) is 4. The maximum atomic E-state index is 11.8. The van der Waals surface area contributed by atoms with Gasteiger partial charge in [0.2, 0.25) is 5.91 Å². The van der Waals surface area contributed by atoms with Crippen LogP contribution >= 0.6 is 11.3 Å². The second-order valence-electron chi connectivity index (χ2n) is 5.21. The largest absolute Gasteiger partial charge is 0.350 e. The van der Waals surface area contributed by atoms with Crippen molar-refractivity contribution in [2.75, 3.05) is 39.3 Å². The highest BCUT2D eigenvalue weighted by atomic mass is 32.1. The molecule has 1 N–H and O–H groups in total. The molecule has 0 bridgehead atoms. The summed E-state index contributed by atoms with van der Waals surface area (Å²) in [6.07, 6.45) is 1.56. The molecule has 1 aliphatic rings. The van der Waals surface area contributed by atoms with Gasteiger partial charge in [-0.3, -0.25) is 14.5 Å². The Bertz CT molecular complexity index is 453. The second-order valence-corrected chi connectivity index (χ2v) is 6.15. The molecule has 1 aromatic heterocycles. The summed E-state index contributed by atoms with van der Waals surface area (Å²) in [6.45, 7) is 6.92. The molecule has 0 radical (unpaired) electrons. The molecule has 2 rings (SSSR count). The highest BCUT2D eigenvalue weighted by Crippen LogP contribution is 2.08. The van der Waals surface area contributed by atoms with Crippen LogP contribution in [0.15, 0.2) is 17.5 Å². The van der Waals surface area contributed by atoms with Gasteiger partial charge in [0.05, 0.1) is 4.88 Å². The first-order valence-corrected chi connectivity index (χ1v) is 8.40. The van der Waals surface area contributed by atoms with Crippen molar-refractivity contribution in [1.29, 1.82) is 0 Å². The molecule has 1 aliphatic heterocycles. The predicted molar refractivity (Wildman–Crippen MR) is 84.6 cm³/mol. The molecule has 2 amide bonds. The van der Waals surface area contributed by atoms with Crippen LogP contribution in [0, 0.1) is 0 Å². The van der Waals surface area contributed by atoms with Gasteiger partial charge in [0.25, 0.3) is 5.91 Å². The maximum absolute atomic E-state index is 11.8. The van der Waals surface area contributed by atoms with Gasteiger partial charge in [0.15, 0.2) is 0 Å². The summed E-state index contributed by atoms with van der Waals surface area (Å²) in [4.78, 5) is 28.6. The Labute approximate surface area is 129 Å². The van der Waals surface area contributed by atoms with Gasteiger partial charge in [-0.2, -0.15) is 0 Å². The van der Waals surface area contributed by atoms with Crippen molar-refractivity contribution in [2.45, 2.75) is 19.8 Å². The summed E-state index contributed by atoms with van der Waals surface area (Å²) >= 11 is 1.46. The fourth-order valence-corrected chi connectivity index (χ4v) is 3.06. The zero-order chi connectivity index (χ0) is 15.1. The number of thiophene rings is 1. The normalized spacial score (nSPS) is 16.0. The maximum Gasteiger partial charge on any atom is 0.261 e. The molecule has 0 atom stereocenters. The molecule has 0 aromatic carbocycles. The summed E-state index contributed by atoms with van der Waals surface area (Å²) < 4.78 is 0. The lowest BCUT2D eigenvalue weighted by Crippen LogP contribution is -2.50. The average Bonchev–Trinajstić information content (AvgIpc) is 3.02. The molecule has 1 aromatic rings. The fourth-order valence-electron chi connectivity index (χ4n) is 2.42. The van der Waals surface area contributed by atoms with E-state index < -0.39 is 0 Å². The monoisotopic (exact) mass is 309 g/mol. The Morgan fingerprint density at radius 2 is 2.05 bits per heavy atom. The molecule has 0 saturated carbocycles. The van der Waals surface area contributed by atoms with E-state index in [-0.39, 0.29) is 11.8 Å². The lowest BCUT2D eigenvalue weighted by molar-refractivity contribution is -0.132. The third kappa shape index (κ3) is 4.82. The van der Waals surface area contributed by atoms with Crippen molar-refractivity contribution in [3.05, 3.63) is 22.4 Å². The zero-order valence-electron chi connectivity index (χ0n) is 12.5. The standard InChI is InChI=1S/C15H23N3O2S/c1-2-4-14(19)18-10-8-17(9-11-18)7-6-16-15(20)13-5-3-12-21-13/h3,5,12H,2,4,6-11H2,1H3,(H,16,20). The van der Waals surface area contributed by atoms with Crippen molar-refractivity contribution < 1.29 is 9.59 Å². The number of carbonyl (C=O) groups is 2. The van der Waals surface area contributed by atoms with E-state index in [0.717, 1.165) is 44.0 Å². The van der Waals surface area contributed by atoms with E-state index in [1.807, 2.05) is 29.3 Å². The summed E-state index contributed by atoms with van der Waals surface area (Å²) in [7, 11) is 0. The van der Waals surface area contributed by atoms with Crippen LogP contribution in [0.25, 0.3) is 0 Å². The van der Waals surface area contributed by atoms with E-state index in [2.05, 4.69) is 10.2 Å². The Balaban J connectivity index is 1.63. The second kappa shape index (κ2) is 8.14. The SMILES string of the molecule is CCCC(=O)N1CCN(CCNC(=O)c2cccs2)CC1. The number of nitrogens with zero attached hydrogens (tertiary/aromatic N) is 2. The van der Waals surface area contributed by atoms with E-state index in [1.165, 1.54) is 11.3 Å². The quantitative estimate of drug-likeness (QED) is 0.865. The Hall–Kier alpha value is -1.40. The summed E-state index contributed by atoms with van der Waals surface area (Å²) in [6, 6.07) is 3.71. The van der Waals surface area contributed by atoms with Crippen LogP contribution in [0.5, 0.6) is 0 Å². The highest BCUT2D eigenvalue weighted by molar-refractivity contribution is 7.12. The first-order chi connectivity index (χ1) is 10.2. The minimum Gasteiger partial charge on any atom is -0.350 e. The lowest BCUT2D eigenvalue weighted by atomic mass is 10.2. The van der Waals surface area contributed by atoms with Crippen LogP contribution < -0.4 is 5.32 Å². The zero-order valence-corrected chi connectivity index (χ0v) is 13.3. The van der Waals surface area contributed by atoms with Crippen molar-refractivity contribution in [2.24, 2.45) is 0 Å². The van der Waals surface area contributed by atoms with Crippen molar-refractivity contribution >= 4 is 23.2 Å². The smallest absolute Gasteiger partial charge is 0.261 e. The fraction of sp³-hybridized carbons (Fsp3) is 0.600. The number of carbonyl (C=O) groups excluding carboxylic acids is 2. The van der Waals surface area contributed by atoms with Gasteiger partial charge in [0.1, 0.15) is 0 Å². The molecule has 1 fully saturated rings. The van der Waals surface area contributed by atoms with E-state index in [4.69, 9.17) is 0 Å². The Morgan fingerprint density at radius 1 is 1.29 bits per heavy atom. The van der Waals surface area contributed by atoms with Crippen LogP contribution in [0.4, 0.5) is 0 Å². The lowest BCUT2D eigenvalue weighted by Gasteiger charge is -2.34.